The second-order valence-corrected chi connectivity index (χ2v) is 2.68. The molecule has 0 amide bonds. The third kappa shape index (κ3) is 2.61. The summed E-state index contributed by atoms with van der Waals surface area (Å²) in [5, 5.41) is 0. The van der Waals surface area contributed by atoms with E-state index in [-0.39, 0.29) is 5.56 Å². The van der Waals surface area contributed by atoms with Crippen molar-refractivity contribution in [2.24, 2.45) is 0 Å². The Bertz CT molecular complexity index is 368. The Morgan fingerprint density at radius 1 is 1.53 bits per heavy atom. The van der Waals surface area contributed by atoms with Gasteiger partial charge in [0, 0.05) is 6.20 Å². The minimum atomic E-state index is -3.03. The number of esters is 1. The predicted octanol–water partition coefficient (Wildman–Crippen LogP) is 1.78. The Labute approximate surface area is 84.8 Å². The number of pyridine rings is 1. The number of aryl methyl sites for hydroxylation is 1. The van der Waals surface area contributed by atoms with Crippen LogP contribution in [0.1, 0.15) is 15.9 Å². The second-order valence-electron chi connectivity index (χ2n) is 2.68. The first-order chi connectivity index (χ1) is 7.06. The zero-order valence-corrected chi connectivity index (χ0v) is 8.16. The fourth-order valence-corrected chi connectivity index (χ4v) is 1.06. The van der Waals surface area contributed by atoms with Crippen molar-refractivity contribution in [1.82, 2.24) is 4.98 Å². The molecule has 0 fully saturated rings. The molecule has 0 aliphatic heterocycles. The molecule has 0 radical (unpaired) electrons. The van der Waals surface area contributed by atoms with E-state index in [4.69, 9.17) is 0 Å². The van der Waals surface area contributed by atoms with Crippen molar-refractivity contribution in [3.05, 3.63) is 23.4 Å². The van der Waals surface area contributed by atoms with Crippen LogP contribution in [0, 0.1) is 6.92 Å². The lowest BCUT2D eigenvalue weighted by atomic mass is 10.1. The molecule has 1 rings (SSSR count). The molecule has 6 heteroatoms. The molecule has 0 bridgehead atoms. The topological polar surface area (TPSA) is 48.4 Å². The number of carbonyl (C=O) groups excluding carboxylic acids is 1. The SMILES string of the molecule is COC(=O)c1c(C)ccnc1OC(F)F. The highest BCUT2D eigenvalue weighted by atomic mass is 19.3. The van der Waals surface area contributed by atoms with Gasteiger partial charge < -0.3 is 9.47 Å². The van der Waals surface area contributed by atoms with Crippen molar-refractivity contribution in [3.63, 3.8) is 0 Å². The lowest BCUT2D eigenvalue weighted by Gasteiger charge is -2.09. The Morgan fingerprint density at radius 2 is 2.20 bits per heavy atom. The molecule has 0 atom stereocenters. The summed E-state index contributed by atoms with van der Waals surface area (Å²) >= 11 is 0. The number of hydrogen-bond acceptors (Lipinski definition) is 4. The van der Waals surface area contributed by atoms with Crippen LogP contribution in [0.5, 0.6) is 5.88 Å². The van der Waals surface area contributed by atoms with Gasteiger partial charge in [-0.15, -0.1) is 0 Å². The second kappa shape index (κ2) is 4.68. The van der Waals surface area contributed by atoms with Crippen molar-refractivity contribution in [1.29, 1.82) is 0 Å². The number of hydrogen-bond donors (Lipinski definition) is 0. The quantitative estimate of drug-likeness (QED) is 0.724. The summed E-state index contributed by atoms with van der Waals surface area (Å²) in [5.41, 5.74) is 0.382. The minimum Gasteiger partial charge on any atom is -0.465 e. The van der Waals surface area contributed by atoms with Gasteiger partial charge in [0.05, 0.1) is 7.11 Å². The normalized spacial score (nSPS) is 10.2. The van der Waals surface area contributed by atoms with Gasteiger partial charge in [-0.3, -0.25) is 0 Å². The summed E-state index contributed by atoms with van der Waals surface area (Å²) in [6.07, 6.45) is 1.28. The van der Waals surface area contributed by atoms with Crippen LogP contribution >= 0.6 is 0 Å². The van der Waals surface area contributed by atoms with Gasteiger partial charge >= 0.3 is 12.6 Å². The smallest absolute Gasteiger partial charge is 0.388 e. The van der Waals surface area contributed by atoms with Gasteiger partial charge in [0.1, 0.15) is 5.56 Å². The van der Waals surface area contributed by atoms with Crippen LogP contribution in [0.3, 0.4) is 0 Å². The van der Waals surface area contributed by atoms with E-state index in [0.717, 1.165) is 7.11 Å². The molecule has 0 aromatic carbocycles. The molecule has 0 saturated heterocycles. The molecule has 4 nitrogen and oxygen atoms in total. The average molecular weight is 217 g/mol. The Hall–Kier alpha value is -1.72. The van der Waals surface area contributed by atoms with Crippen LogP contribution in [0.25, 0.3) is 0 Å². The van der Waals surface area contributed by atoms with Crippen LogP contribution in [-0.2, 0) is 4.74 Å². The molecule has 0 unspecified atom stereocenters. The molecule has 0 N–H and O–H groups in total. The van der Waals surface area contributed by atoms with Crippen molar-refractivity contribution in [2.75, 3.05) is 7.11 Å². The first-order valence-electron chi connectivity index (χ1n) is 4.05. The summed E-state index contributed by atoms with van der Waals surface area (Å²) in [4.78, 5) is 14.8. The number of methoxy groups -OCH3 is 1. The van der Waals surface area contributed by atoms with Crippen LogP contribution in [-0.4, -0.2) is 24.7 Å². The van der Waals surface area contributed by atoms with E-state index in [9.17, 15) is 13.6 Å². The van der Waals surface area contributed by atoms with Gasteiger partial charge in [0.2, 0.25) is 5.88 Å². The highest BCUT2D eigenvalue weighted by Gasteiger charge is 2.19. The molecule has 0 spiro atoms. The van der Waals surface area contributed by atoms with Gasteiger partial charge in [-0.1, -0.05) is 0 Å². The molecule has 1 aromatic rings. The summed E-state index contributed by atoms with van der Waals surface area (Å²) in [6, 6.07) is 1.50. The fourth-order valence-electron chi connectivity index (χ4n) is 1.06. The van der Waals surface area contributed by atoms with Gasteiger partial charge in [0.15, 0.2) is 0 Å². The number of halogens is 2. The van der Waals surface area contributed by atoms with E-state index < -0.39 is 18.5 Å². The molecule has 15 heavy (non-hydrogen) atoms. The lowest BCUT2D eigenvalue weighted by Crippen LogP contribution is -2.12. The maximum absolute atomic E-state index is 12.0. The first kappa shape index (κ1) is 11.4. The largest absolute Gasteiger partial charge is 0.465 e. The molecular weight excluding hydrogens is 208 g/mol. The molecule has 1 aromatic heterocycles. The van der Waals surface area contributed by atoms with Crippen molar-refractivity contribution in [3.8, 4) is 5.88 Å². The molecule has 0 aliphatic rings. The number of alkyl halides is 2. The number of carbonyl (C=O) groups is 1. The first-order valence-corrected chi connectivity index (χ1v) is 4.05. The van der Waals surface area contributed by atoms with Gasteiger partial charge in [-0.25, -0.2) is 9.78 Å². The third-order valence-corrected chi connectivity index (χ3v) is 1.71. The third-order valence-electron chi connectivity index (χ3n) is 1.71. The predicted molar refractivity (Wildman–Crippen MR) is 46.9 cm³/mol. The fraction of sp³-hybridized carbons (Fsp3) is 0.333. The van der Waals surface area contributed by atoms with E-state index >= 15 is 0 Å². The van der Waals surface area contributed by atoms with Gasteiger partial charge in [-0.05, 0) is 18.6 Å². The molecule has 0 aliphatic carbocycles. The standard InChI is InChI=1S/C9H9F2NO3/c1-5-3-4-12-7(15-9(10)11)6(5)8(13)14-2/h3-4,9H,1-2H3. The Morgan fingerprint density at radius 3 is 2.73 bits per heavy atom. The average Bonchev–Trinajstić information content (AvgIpc) is 2.16. The van der Waals surface area contributed by atoms with E-state index in [1.54, 1.807) is 6.92 Å². The highest BCUT2D eigenvalue weighted by molar-refractivity contribution is 5.93. The highest BCUT2D eigenvalue weighted by Crippen LogP contribution is 2.21. The van der Waals surface area contributed by atoms with Gasteiger partial charge in [0.25, 0.3) is 0 Å². The number of rotatable bonds is 3. The monoisotopic (exact) mass is 217 g/mol. The maximum Gasteiger partial charge on any atom is 0.388 e. The maximum atomic E-state index is 12.0. The Balaban J connectivity index is 3.14. The summed E-state index contributed by atoms with van der Waals surface area (Å²) in [7, 11) is 1.15. The zero-order valence-electron chi connectivity index (χ0n) is 8.16. The van der Waals surface area contributed by atoms with Crippen LogP contribution in [0.15, 0.2) is 12.3 Å². The molecular formula is C9H9F2NO3. The van der Waals surface area contributed by atoms with E-state index in [1.165, 1.54) is 12.3 Å². The van der Waals surface area contributed by atoms with Crippen molar-refractivity contribution < 1.29 is 23.0 Å². The molecule has 82 valence electrons. The van der Waals surface area contributed by atoms with E-state index in [2.05, 4.69) is 14.5 Å². The zero-order chi connectivity index (χ0) is 11.4. The summed E-state index contributed by atoms with van der Waals surface area (Å²) < 4.78 is 32.5. The summed E-state index contributed by atoms with van der Waals surface area (Å²) in [6.45, 7) is -1.45. The van der Waals surface area contributed by atoms with Crippen LogP contribution < -0.4 is 4.74 Å². The number of nitrogens with zero attached hydrogens (tertiary/aromatic N) is 1. The van der Waals surface area contributed by atoms with E-state index in [1.807, 2.05) is 0 Å². The number of aromatic nitrogens is 1. The van der Waals surface area contributed by atoms with Crippen LogP contribution in [0.2, 0.25) is 0 Å². The lowest BCUT2D eigenvalue weighted by molar-refractivity contribution is -0.0534. The van der Waals surface area contributed by atoms with Gasteiger partial charge in [-0.2, -0.15) is 8.78 Å². The van der Waals surface area contributed by atoms with Crippen LogP contribution in [0.4, 0.5) is 8.78 Å². The van der Waals surface area contributed by atoms with Crippen molar-refractivity contribution >= 4 is 5.97 Å². The van der Waals surface area contributed by atoms with E-state index in [0.29, 0.717) is 5.56 Å². The minimum absolute atomic E-state index is 0.0831. The van der Waals surface area contributed by atoms with Crippen molar-refractivity contribution in [2.45, 2.75) is 13.5 Å². The number of ether oxygens (including phenoxy) is 2. The molecule has 1 heterocycles. The summed E-state index contributed by atoms with van der Waals surface area (Å²) in [5.74, 6) is -1.17. The molecule has 0 saturated carbocycles. The Kier molecular flexibility index (Phi) is 3.54.